The summed E-state index contributed by atoms with van der Waals surface area (Å²) in [5, 5.41) is 3.07. The molecule has 0 aliphatic carbocycles. The third kappa shape index (κ3) is 5.07. The first-order valence-electron chi connectivity index (χ1n) is 7.13. The van der Waals surface area contributed by atoms with E-state index in [2.05, 4.69) is 5.32 Å². The highest BCUT2D eigenvalue weighted by Crippen LogP contribution is 2.31. The van der Waals surface area contributed by atoms with Crippen LogP contribution in [0.15, 0.2) is 18.2 Å². The Hall–Kier alpha value is -1.34. The van der Waals surface area contributed by atoms with Crippen molar-refractivity contribution in [1.82, 2.24) is 10.2 Å². The standard InChI is InChI=1S/C15H18F4N2O.ClH/c1-20-9-10-2-4-21(5-3-10)14(22)11-6-12(15(17,18)19)8-13(16)7-11;/h6-8,10,20H,2-5,9H2,1H3;1H. The molecule has 1 heterocycles. The quantitative estimate of drug-likeness (QED) is 0.844. The normalized spacial score (nSPS) is 16.1. The lowest BCUT2D eigenvalue weighted by atomic mass is 9.96. The van der Waals surface area contributed by atoms with Crippen molar-refractivity contribution < 1.29 is 22.4 Å². The molecule has 8 heteroatoms. The summed E-state index contributed by atoms with van der Waals surface area (Å²) in [5.74, 6) is -1.15. The number of benzene rings is 1. The fourth-order valence-electron chi connectivity index (χ4n) is 2.69. The molecule has 1 amide bonds. The van der Waals surface area contributed by atoms with Gasteiger partial charge >= 0.3 is 6.18 Å². The first-order chi connectivity index (χ1) is 10.3. The van der Waals surface area contributed by atoms with Crippen LogP contribution in [0.25, 0.3) is 0 Å². The minimum absolute atomic E-state index is 0. The van der Waals surface area contributed by atoms with Crippen LogP contribution < -0.4 is 5.32 Å². The van der Waals surface area contributed by atoms with E-state index in [0.29, 0.717) is 31.1 Å². The minimum Gasteiger partial charge on any atom is -0.339 e. The van der Waals surface area contributed by atoms with Crippen LogP contribution in [0.1, 0.15) is 28.8 Å². The van der Waals surface area contributed by atoms with Crippen LogP contribution >= 0.6 is 12.4 Å². The Balaban J connectivity index is 0.00000264. The maximum Gasteiger partial charge on any atom is 0.416 e. The van der Waals surface area contributed by atoms with E-state index < -0.39 is 23.5 Å². The Morgan fingerprint density at radius 3 is 2.39 bits per heavy atom. The van der Waals surface area contributed by atoms with Gasteiger partial charge < -0.3 is 10.2 Å². The van der Waals surface area contributed by atoms with Gasteiger partial charge in [-0.25, -0.2) is 4.39 Å². The Bertz CT molecular complexity index is 543. The van der Waals surface area contributed by atoms with Crippen molar-refractivity contribution in [1.29, 1.82) is 0 Å². The van der Waals surface area contributed by atoms with Crippen molar-refractivity contribution in [3.63, 3.8) is 0 Å². The summed E-state index contributed by atoms with van der Waals surface area (Å²) in [4.78, 5) is 13.8. The molecule has 0 aromatic heterocycles. The number of hydrogen-bond donors (Lipinski definition) is 1. The van der Waals surface area contributed by atoms with E-state index in [9.17, 15) is 22.4 Å². The van der Waals surface area contributed by atoms with Crippen LogP contribution in [0, 0.1) is 11.7 Å². The highest BCUT2D eigenvalue weighted by molar-refractivity contribution is 5.94. The Kier molecular flexibility index (Phi) is 6.83. The Morgan fingerprint density at radius 1 is 1.26 bits per heavy atom. The average Bonchev–Trinajstić information content (AvgIpc) is 2.46. The maximum atomic E-state index is 13.4. The topological polar surface area (TPSA) is 32.3 Å². The van der Waals surface area contributed by atoms with Gasteiger partial charge in [0.05, 0.1) is 5.56 Å². The molecule has 0 atom stereocenters. The zero-order valence-corrected chi connectivity index (χ0v) is 13.4. The second kappa shape index (κ2) is 7.97. The summed E-state index contributed by atoms with van der Waals surface area (Å²) in [6.45, 7) is 1.80. The van der Waals surface area contributed by atoms with Crippen molar-refractivity contribution >= 4 is 18.3 Å². The molecule has 1 aliphatic rings. The highest BCUT2D eigenvalue weighted by atomic mass is 35.5. The number of carbonyl (C=O) groups excluding carboxylic acids is 1. The Morgan fingerprint density at radius 2 is 1.87 bits per heavy atom. The van der Waals surface area contributed by atoms with Crippen LogP contribution in [0.4, 0.5) is 17.6 Å². The molecule has 23 heavy (non-hydrogen) atoms. The van der Waals surface area contributed by atoms with E-state index in [-0.39, 0.29) is 18.0 Å². The van der Waals surface area contributed by atoms with E-state index in [1.54, 1.807) is 0 Å². The number of amides is 1. The molecule has 0 spiro atoms. The predicted octanol–water partition coefficient (Wildman–Crippen LogP) is 3.34. The molecule has 1 N–H and O–H groups in total. The van der Waals surface area contributed by atoms with Crippen molar-refractivity contribution in [3.05, 3.63) is 35.1 Å². The van der Waals surface area contributed by atoms with Gasteiger partial charge in [0.25, 0.3) is 5.91 Å². The number of alkyl halides is 3. The van der Waals surface area contributed by atoms with Crippen LogP contribution in [0.5, 0.6) is 0 Å². The molecule has 1 aromatic carbocycles. The van der Waals surface area contributed by atoms with Gasteiger partial charge in [-0.15, -0.1) is 12.4 Å². The van der Waals surface area contributed by atoms with Gasteiger partial charge in [0.15, 0.2) is 0 Å². The minimum atomic E-state index is -4.67. The second-order valence-corrected chi connectivity index (χ2v) is 5.52. The number of piperidine rings is 1. The van der Waals surface area contributed by atoms with Crippen LogP contribution in [-0.2, 0) is 6.18 Å². The summed E-state index contributed by atoms with van der Waals surface area (Å²) in [6, 6.07) is 1.97. The number of halogens is 5. The summed E-state index contributed by atoms with van der Waals surface area (Å²) >= 11 is 0. The highest BCUT2D eigenvalue weighted by Gasteiger charge is 2.33. The fraction of sp³-hybridized carbons (Fsp3) is 0.533. The van der Waals surface area contributed by atoms with Crippen molar-refractivity contribution in [3.8, 4) is 0 Å². The lowest BCUT2D eigenvalue weighted by Gasteiger charge is -2.32. The summed E-state index contributed by atoms with van der Waals surface area (Å²) in [6.07, 6.45) is -3.10. The van der Waals surface area contributed by atoms with E-state index in [1.807, 2.05) is 7.05 Å². The molecule has 130 valence electrons. The zero-order chi connectivity index (χ0) is 16.3. The van der Waals surface area contributed by atoms with Gasteiger partial charge in [0, 0.05) is 18.7 Å². The number of nitrogens with one attached hydrogen (secondary N) is 1. The molecular weight excluding hydrogens is 336 g/mol. The SMILES string of the molecule is CNCC1CCN(C(=O)c2cc(F)cc(C(F)(F)F)c2)CC1.Cl. The van der Waals surface area contributed by atoms with Gasteiger partial charge in [-0.3, -0.25) is 4.79 Å². The van der Waals surface area contributed by atoms with Gasteiger partial charge in [0.2, 0.25) is 0 Å². The zero-order valence-electron chi connectivity index (χ0n) is 12.6. The molecule has 0 saturated carbocycles. The second-order valence-electron chi connectivity index (χ2n) is 5.52. The van der Waals surface area contributed by atoms with Crippen molar-refractivity contribution in [2.24, 2.45) is 5.92 Å². The summed E-state index contributed by atoms with van der Waals surface area (Å²) in [5.41, 5.74) is -1.39. The van der Waals surface area contributed by atoms with Gasteiger partial charge in [-0.1, -0.05) is 0 Å². The fourth-order valence-corrected chi connectivity index (χ4v) is 2.69. The van der Waals surface area contributed by atoms with E-state index in [1.165, 1.54) is 4.90 Å². The van der Waals surface area contributed by atoms with E-state index in [0.717, 1.165) is 25.5 Å². The van der Waals surface area contributed by atoms with Crippen LogP contribution in [0.3, 0.4) is 0 Å². The lowest BCUT2D eigenvalue weighted by Crippen LogP contribution is -2.40. The molecule has 1 aliphatic heterocycles. The van der Waals surface area contributed by atoms with Gasteiger partial charge in [0.1, 0.15) is 5.82 Å². The summed E-state index contributed by atoms with van der Waals surface area (Å²) in [7, 11) is 1.85. The summed E-state index contributed by atoms with van der Waals surface area (Å²) < 4.78 is 51.4. The number of rotatable bonds is 3. The third-order valence-corrected chi connectivity index (χ3v) is 3.87. The van der Waals surface area contributed by atoms with Crippen LogP contribution in [-0.4, -0.2) is 37.5 Å². The number of likely N-dealkylation sites (tertiary alicyclic amines) is 1. The smallest absolute Gasteiger partial charge is 0.339 e. The van der Waals surface area contributed by atoms with Gasteiger partial charge in [-0.2, -0.15) is 13.2 Å². The molecule has 1 saturated heterocycles. The number of hydrogen-bond acceptors (Lipinski definition) is 2. The third-order valence-electron chi connectivity index (χ3n) is 3.87. The van der Waals surface area contributed by atoms with Crippen molar-refractivity contribution in [2.75, 3.05) is 26.7 Å². The first-order valence-corrected chi connectivity index (χ1v) is 7.13. The molecule has 0 radical (unpaired) electrons. The molecule has 0 bridgehead atoms. The van der Waals surface area contributed by atoms with E-state index in [4.69, 9.17) is 0 Å². The van der Waals surface area contributed by atoms with Crippen molar-refractivity contribution in [2.45, 2.75) is 19.0 Å². The largest absolute Gasteiger partial charge is 0.416 e. The Labute approximate surface area is 138 Å². The molecular formula is C15H19ClF4N2O. The monoisotopic (exact) mass is 354 g/mol. The predicted molar refractivity (Wildman–Crippen MR) is 81.2 cm³/mol. The molecule has 2 rings (SSSR count). The number of carbonyl (C=O) groups is 1. The molecule has 1 fully saturated rings. The first kappa shape index (κ1) is 19.7. The lowest BCUT2D eigenvalue weighted by molar-refractivity contribution is -0.137. The number of nitrogens with zero attached hydrogens (tertiary/aromatic N) is 1. The maximum absolute atomic E-state index is 13.4. The average molecular weight is 355 g/mol. The van der Waals surface area contributed by atoms with Crippen LogP contribution in [0.2, 0.25) is 0 Å². The molecule has 3 nitrogen and oxygen atoms in total. The van der Waals surface area contributed by atoms with Gasteiger partial charge in [-0.05, 0) is 50.6 Å². The molecule has 1 aromatic rings. The molecule has 0 unspecified atom stereocenters. The van der Waals surface area contributed by atoms with E-state index >= 15 is 0 Å².